The van der Waals surface area contributed by atoms with E-state index >= 15 is 0 Å². The molecule has 2 N–H and O–H groups in total. The lowest BCUT2D eigenvalue weighted by Crippen LogP contribution is -2.44. The summed E-state index contributed by atoms with van der Waals surface area (Å²) in [5, 5.41) is 13.3. The van der Waals surface area contributed by atoms with Crippen molar-refractivity contribution < 1.29 is 5.11 Å². The Balaban J connectivity index is 2.36. The Morgan fingerprint density at radius 1 is 1.37 bits per heavy atom. The van der Waals surface area contributed by atoms with Crippen LogP contribution in [0.1, 0.15) is 32.2 Å². The van der Waals surface area contributed by atoms with Crippen molar-refractivity contribution in [1.29, 1.82) is 0 Å². The summed E-state index contributed by atoms with van der Waals surface area (Å²) in [5.74, 6) is 0. The van der Waals surface area contributed by atoms with Gasteiger partial charge >= 0.3 is 0 Å². The fraction of sp³-hybridized carbons (Fsp3) is 0.667. The van der Waals surface area contributed by atoms with Crippen LogP contribution in [0.5, 0.6) is 0 Å². The smallest absolute Gasteiger partial charge is 0.0791 e. The van der Waals surface area contributed by atoms with Gasteiger partial charge < -0.3 is 10.4 Å². The fourth-order valence-corrected chi connectivity index (χ4v) is 1.88. The van der Waals surface area contributed by atoms with Crippen LogP contribution in [0.3, 0.4) is 0 Å². The molecule has 0 aliphatic rings. The highest BCUT2D eigenvalue weighted by atomic mass is 16.3. The molecule has 0 aliphatic carbocycles. The lowest BCUT2D eigenvalue weighted by molar-refractivity contribution is 0.114. The van der Waals surface area contributed by atoms with Crippen LogP contribution in [-0.2, 0) is 6.54 Å². The quantitative estimate of drug-likeness (QED) is 0.820. The van der Waals surface area contributed by atoms with Crippen molar-refractivity contribution in [2.45, 2.75) is 45.9 Å². The number of nitrogens with zero attached hydrogens (tertiary/aromatic N) is 2. The third-order valence-corrected chi connectivity index (χ3v) is 2.77. The number of pyridine rings is 1. The van der Waals surface area contributed by atoms with Crippen molar-refractivity contribution in [3.05, 3.63) is 29.6 Å². The van der Waals surface area contributed by atoms with Gasteiger partial charge in [-0.2, -0.15) is 0 Å². The molecule has 1 heterocycles. The van der Waals surface area contributed by atoms with E-state index in [1.54, 1.807) is 0 Å². The van der Waals surface area contributed by atoms with Crippen LogP contribution < -0.4 is 5.32 Å². The first-order chi connectivity index (χ1) is 8.76. The van der Waals surface area contributed by atoms with E-state index in [1.165, 1.54) is 0 Å². The molecule has 0 radical (unpaired) electrons. The van der Waals surface area contributed by atoms with Crippen molar-refractivity contribution in [2.75, 3.05) is 20.1 Å². The third kappa shape index (κ3) is 7.25. The molecular formula is C15H27N3O. The maximum absolute atomic E-state index is 9.99. The molecule has 4 heteroatoms. The minimum absolute atomic E-state index is 0.0393. The molecule has 1 aromatic rings. The SMILES string of the molecule is Cc1cccc(CN(C)CC(O)CNC(C)(C)C)n1. The predicted octanol–water partition coefficient (Wildman–Crippen LogP) is 1.57. The normalized spacial score (nSPS) is 13.8. The zero-order valence-electron chi connectivity index (χ0n) is 12.8. The van der Waals surface area contributed by atoms with Gasteiger partial charge in [-0.25, -0.2) is 0 Å². The summed E-state index contributed by atoms with van der Waals surface area (Å²) < 4.78 is 0. The van der Waals surface area contributed by atoms with Gasteiger partial charge in [0.1, 0.15) is 0 Å². The van der Waals surface area contributed by atoms with E-state index in [0.29, 0.717) is 13.1 Å². The van der Waals surface area contributed by atoms with E-state index < -0.39 is 0 Å². The second kappa shape index (κ2) is 6.98. The number of β-amino-alcohol motifs (C(OH)–C–C–N with tert-alkyl or cyclic N) is 1. The summed E-state index contributed by atoms with van der Waals surface area (Å²) in [6, 6.07) is 6.03. The van der Waals surface area contributed by atoms with Gasteiger partial charge in [-0.15, -0.1) is 0 Å². The lowest BCUT2D eigenvalue weighted by Gasteiger charge is -2.25. The number of rotatable bonds is 6. The molecule has 1 aromatic heterocycles. The van der Waals surface area contributed by atoms with Crippen LogP contribution >= 0.6 is 0 Å². The molecule has 0 aliphatic heterocycles. The van der Waals surface area contributed by atoms with Crippen LogP contribution in [0, 0.1) is 6.92 Å². The summed E-state index contributed by atoms with van der Waals surface area (Å²) in [6.45, 7) is 10.3. The van der Waals surface area contributed by atoms with E-state index in [1.807, 2.05) is 32.2 Å². The lowest BCUT2D eigenvalue weighted by atomic mass is 10.1. The minimum Gasteiger partial charge on any atom is -0.390 e. The predicted molar refractivity (Wildman–Crippen MR) is 79.1 cm³/mol. The molecule has 4 nitrogen and oxygen atoms in total. The monoisotopic (exact) mass is 265 g/mol. The van der Waals surface area contributed by atoms with Gasteiger partial charge in [0.2, 0.25) is 0 Å². The molecule has 0 saturated carbocycles. The molecule has 0 fully saturated rings. The van der Waals surface area contributed by atoms with Crippen molar-refractivity contribution in [3.8, 4) is 0 Å². The largest absolute Gasteiger partial charge is 0.390 e. The molecule has 19 heavy (non-hydrogen) atoms. The van der Waals surface area contributed by atoms with Crippen LogP contribution in [0.25, 0.3) is 0 Å². The van der Waals surface area contributed by atoms with Gasteiger partial charge in [0.25, 0.3) is 0 Å². The number of aryl methyl sites for hydroxylation is 1. The highest BCUT2D eigenvalue weighted by Gasteiger charge is 2.14. The summed E-state index contributed by atoms with van der Waals surface area (Å²) in [7, 11) is 2.00. The second-order valence-electron chi connectivity index (χ2n) is 6.25. The molecule has 0 amide bonds. The Morgan fingerprint density at radius 2 is 2.05 bits per heavy atom. The van der Waals surface area contributed by atoms with Crippen molar-refractivity contribution in [3.63, 3.8) is 0 Å². The standard InChI is InChI=1S/C15H27N3O/c1-12-7-6-8-13(17-12)10-18(5)11-14(19)9-16-15(2,3)4/h6-8,14,16,19H,9-11H2,1-5H3. The van der Waals surface area contributed by atoms with E-state index in [0.717, 1.165) is 17.9 Å². The van der Waals surface area contributed by atoms with Gasteiger partial charge in [-0.05, 0) is 46.9 Å². The number of likely N-dealkylation sites (N-methyl/N-ethyl adjacent to an activating group) is 1. The topological polar surface area (TPSA) is 48.4 Å². The van der Waals surface area contributed by atoms with Gasteiger partial charge in [-0.1, -0.05) is 6.07 Å². The second-order valence-corrected chi connectivity index (χ2v) is 6.25. The summed E-state index contributed by atoms with van der Waals surface area (Å²) in [5.41, 5.74) is 2.11. The van der Waals surface area contributed by atoms with E-state index in [4.69, 9.17) is 0 Å². The average molecular weight is 265 g/mol. The first-order valence-electron chi connectivity index (χ1n) is 6.80. The maximum Gasteiger partial charge on any atom is 0.0791 e. The molecule has 108 valence electrons. The molecule has 0 aromatic carbocycles. The molecule has 0 bridgehead atoms. The summed E-state index contributed by atoms with van der Waals surface area (Å²) in [4.78, 5) is 6.56. The Morgan fingerprint density at radius 3 is 2.63 bits per heavy atom. The number of aliphatic hydroxyl groups excluding tert-OH is 1. The molecule has 0 spiro atoms. The number of nitrogens with one attached hydrogen (secondary N) is 1. The van der Waals surface area contributed by atoms with E-state index in [-0.39, 0.29) is 11.6 Å². The number of hydrogen-bond acceptors (Lipinski definition) is 4. The number of aliphatic hydroxyl groups is 1. The van der Waals surface area contributed by atoms with Gasteiger partial charge in [0.05, 0.1) is 11.8 Å². The van der Waals surface area contributed by atoms with Crippen molar-refractivity contribution in [2.24, 2.45) is 0 Å². The van der Waals surface area contributed by atoms with Crippen LogP contribution in [0.15, 0.2) is 18.2 Å². The van der Waals surface area contributed by atoms with Crippen LogP contribution in [0.2, 0.25) is 0 Å². The van der Waals surface area contributed by atoms with Crippen LogP contribution in [-0.4, -0.2) is 46.8 Å². The number of hydrogen-bond donors (Lipinski definition) is 2. The average Bonchev–Trinajstić information content (AvgIpc) is 2.25. The summed E-state index contributed by atoms with van der Waals surface area (Å²) >= 11 is 0. The Labute approximate surface area is 116 Å². The minimum atomic E-state index is -0.367. The highest BCUT2D eigenvalue weighted by Crippen LogP contribution is 2.03. The maximum atomic E-state index is 9.99. The highest BCUT2D eigenvalue weighted by molar-refractivity contribution is 5.09. The first kappa shape index (κ1) is 16.1. The molecular weight excluding hydrogens is 238 g/mol. The van der Waals surface area contributed by atoms with Crippen molar-refractivity contribution in [1.82, 2.24) is 15.2 Å². The molecule has 0 saturated heterocycles. The number of aromatic nitrogens is 1. The Bertz CT molecular complexity index is 387. The zero-order chi connectivity index (χ0) is 14.5. The molecule has 1 atom stereocenters. The van der Waals surface area contributed by atoms with Gasteiger partial charge in [0, 0.05) is 30.9 Å². The van der Waals surface area contributed by atoms with E-state index in [9.17, 15) is 5.11 Å². The van der Waals surface area contributed by atoms with Gasteiger partial charge in [-0.3, -0.25) is 9.88 Å². The van der Waals surface area contributed by atoms with E-state index in [2.05, 4.69) is 36.0 Å². The molecule has 1 rings (SSSR count). The Kier molecular flexibility index (Phi) is 5.91. The molecule has 1 unspecified atom stereocenters. The zero-order valence-corrected chi connectivity index (χ0v) is 12.8. The summed E-state index contributed by atoms with van der Waals surface area (Å²) in [6.07, 6.45) is -0.367. The van der Waals surface area contributed by atoms with Crippen LogP contribution in [0.4, 0.5) is 0 Å². The van der Waals surface area contributed by atoms with Gasteiger partial charge in [0.15, 0.2) is 0 Å². The fourth-order valence-electron chi connectivity index (χ4n) is 1.88. The van der Waals surface area contributed by atoms with Crippen molar-refractivity contribution >= 4 is 0 Å². The first-order valence-corrected chi connectivity index (χ1v) is 6.80. The Hall–Kier alpha value is -0.970. The third-order valence-electron chi connectivity index (χ3n) is 2.77.